The topological polar surface area (TPSA) is 97.8 Å². The van der Waals surface area contributed by atoms with Gasteiger partial charge in [0, 0.05) is 35.6 Å². The summed E-state index contributed by atoms with van der Waals surface area (Å²) in [7, 11) is 1.53. The van der Waals surface area contributed by atoms with Crippen LogP contribution in [0.25, 0.3) is 5.69 Å². The molecule has 0 saturated carbocycles. The fourth-order valence-electron chi connectivity index (χ4n) is 3.57. The van der Waals surface area contributed by atoms with Gasteiger partial charge in [-0.25, -0.2) is 18.4 Å². The molecule has 172 valence electrons. The molecule has 0 aliphatic rings. The van der Waals surface area contributed by atoms with E-state index < -0.39 is 23.2 Å². The highest BCUT2D eigenvalue weighted by Crippen LogP contribution is 2.28. The van der Waals surface area contributed by atoms with Gasteiger partial charge in [0.15, 0.2) is 5.69 Å². The van der Waals surface area contributed by atoms with E-state index in [9.17, 15) is 18.8 Å². The van der Waals surface area contributed by atoms with Crippen LogP contribution in [-0.4, -0.2) is 26.4 Å². The lowest BCUT2D eigenvalue weighted by Crippen LogP contribution is -2.29. The fourth-order valence-corrected chi connectivity index (χ4v) is 3.57. The number of halogens is 2. The van der Waals surface area contributed by atoms with E-state index in [0.29, 0.717) is 11.4 Å². The zero-order valence-corrected chi connectivity index (χ0v) is 18.6. The Hall–Kier alpha value is -4.52. The molecule has 1 N–H and O–H groups in total. The number of aryl methyl sites for hydroxylation is 1. The number of nitrogens with one attached hydrogen (secondary N) is 1. The van der Waals surface area contributed by atoms with Gasteiger partial charge in [0.25, 0.3) is 5.56 Å². The molecule has 0 saturated heterocycles. The van der Waals surface area contributed by atoms with Crippen molar-refractivity contribution in [3.8, 4) is 17.5 Å². The molecule has 0 amide bonds. The predicted octanol–water partition coefficient (Wildman–Crippen LogP) is 4.25. The van der Waals surface area contributed by atoms with Crippen LogP contribution in [-0.2, 0) is 0 Å². The number of anilines is 2. The summed E-state index contributed by atoms with van der Waals surface area (Å²) in [5.41, 5.74) is 1.62. The Balaban J connectivity index is 1.73. The van der Waals surface area contributed by atoms with Crippen LogP contribution in [0.4, 0.5) is 20.2 Å². The Morgan fingerprint density at radius 1 is 1.18 bits per heavy atom. The summed E-state index contributed by atoms with van der Waals surface area (Å²) in [6, 6.07) is 10.7. The molecule has 10 heteroatoms. The minimum Gasteiger partial charge on any atom is -0.494 e. The van der Waals surface area contributed by atoms with Crippen molar-refractivity contribution in [1.82, 2.24) is 19.3 Å². The van der Waals surface area contributed by atoms with Gasteiger partial charge < -0.3 is 14.6 Å². The van der Waals surface area contributed by atoms with Crippen LogP contribution in [0.2, 0.25) is 0 Å². The Kier molecular flexibility index (Phi) is 6.10. The number of aromatic nitrogens is 4. The van der Waals surface area contributed by atoms with E-state index in [4.69, 9.17) is 4.74 Å². The standard InChI is InChI=1S/C24H20F2N6O2/c1-14-12-31(13-28-14)22-7-5-17(10-23(22)34-3)29-21-9-18(11-27)30-32(24(21)33)15(2)19-6-4-16(25)8-20(19)26/h4-10,12-13,15,29H,1-3H3/t15-/m0/s1. The third-order valence-corrected chi connectivity index (χ3v) is 5.28. The number of benzene rings is 2. The molecule has 0 radical (unpaired) electrons. The lowest BCUT2D eigenvalue weighted by atomic mass is 10.1. The van der Waals surface area contributed by atoms with Crippen LogP contribution in [0.15, 0.2) is 59.8 Å². The Labute approximate surface area is 193 Å². The Morgan fingerprint density at radius 3 is 2.62 bits per heavy atom. The zero-order valence-electron chi connectivity index (χ0n) is 18.6. The van der Waals surface area contributed by atoms with Gasteiger partial charge in [-0.1, -0.05) is 6.07 Å². The number of nitriles is 1. The van der Waals surface area contributed by atoms with E-state index in [0.717, 1.165) is 28.2 Å². The van der Waals surface area contributed by atoms with Gasteiger partial charge in [0.05, 0.1) is 30.9 Å². The summed E-state index contributed by atoms with van der Waals surface area (Å²) in [4.78, 5) is 17.4. The molecule has 0 aliphatic heterocycles. The van der Waals surface area contributed by atoms with Crippen molar-refractivity contribution in [1.29, 1.82) is 5.26 Å². The van der Waals surface area contributed by atoms with Crippen LogP contribution in [0, 0.1) is 29.9 Å². The molecule has 0 unspecified atom stereocenters. The zero-order chi connectivity index (χ0) is 24.4. The van der Waals surface area contributed by atoms with Crippen LogP contribution < -0.4 is 15.6 Å². The van der Waals surface area contributed by atoms with E-state index in [-0.39, 0.29) is 16.9 Å². The molecular formula is C24H20F2N6O2. The molecule has 2 aromatic carbocycles. The highest BCUT2D eigenvalue weighted by Gasteiger charge is 2.19. The monoisotopic (exact) mass is 462 g/mol. The number of imidazole rings is 1. The minimum absolute atomic E-state index is 0.0473. The van der Waals surface area contributed by atoms with Gasteiger partial charge in [-0.2, -0.15) is 10.4 Å². The highest BCUT2D eigenvalue weighted by atomic mass is 19.1. The summed E-state index contributed by atoms with van der Waals surface area (Å²) in [6.07, 6.45) is 3.51. The molecular weight excluding hydrogens is 442 g/mol. The number of rotatable bonds is 6. The maximum atomic E-state index is 14.3. The van der Waals surface area contributed by atoms with Gasteiger partial charge in [-0.15, -0.1) is 0 Å². The van der Waals surface area contributed by atoms with Crippen LogP contribution in [0.1, 0.15) is 29.9 Å². The average Bonchev–Trinajstić information content (AvgIpc) is 3.25. The van der Waals surface area contributed by atoms with Gasteiger partial charge in [-0.05, 0) is 32.0 Å². The summed E-state index contributed by atoms with van der Waals surface area (Å²) < 4.78 is 36.0. The van der Waals surface area contributed by atoms with Crippen molar-refractivity contribution < 1.29 is 13.5 Å². The van der Waals surface area contributed by atoms with Crippen LogP contribution in [0.5, 0.6) is 5.75 Å². The number of ether oxygens (including phenoxy) is 1. The van der Waals surface area contributed by atoms with E-state index in [2.05, 4.69) is 15.4 Å². The molecule has 0 aliphatic carbocycles. The van der Waals surface area contributed by atoms with Crippen LogP contribution >= 0.6 is 0 Å². The Morgan fingerprint density at radius 2 is 1.97 bits per heavy atom. The number of nitrogens with zero attached hydrogens (tertiary/aromatic N) is 5. The van der Waals surface area contributed by atoms with Crippen molar-refractivity contribution >= 4 is 11.4 Å². The number of hydrogen-bond acceptors (Lipinski definition) is 6. The molecule has 2 heterocycles. The lowest BCUT2D eigenvalue weighted by Gasteiger charge is -2.17. The van der Waals surface area contributed by atoms with E-state index in [1.807, 2.05) is 23.8 Å². The molecule has 4 rings (SSSR count). The van der Waals surface area contributed by atoms with Crippen molar-refractivity contribution in [3.05, 3.63) is 93.9 Å². The summed E-state index contributed by atoms with van der Waals surface area (Å²) in [5, 5.41) is 16.4. The summed E-state index contributed by atoms with van der Waals surface area (Å²) >= 11 is 0. The fraction of sp³-hybridized carbons (Fsp3) is 0.167. The van der Waals surface area contributed by atoms with Gasteiger partial charge in [0.2, 0.25) is 0 Å². The summed E-state index contributed by atoms with van der Waals surface area (Å²) in [5.74, 6) is -1.02. The van der Waals surface area contributed by atoms with Crippen molar-refractivity contribution in [2.45, 2.75) is 19.9 Å². The quantitative estimate of drug-likeness (QED) is 0.460. The SMILES string of the molecule is COc1cc(Nc2cc(C#N)nn([C@@H](C)c3ccc(F)cc3F)c2=O)ccc1-n1cnc(C)c1. The van der Waals surface area contributed by atoms with Crippen LogP contribution in [0.3, 0.4) is 0 Å². The first kappa shape index (κ1) is 22.7. The molecule has 34 heavy (non-hydrogen) atoms. The largest absolute Gasteiger partial charge is 0.494 e. The van der Waals surface area contributed by atoms with E-state index in [1.54, 1.807) is 31.5 Å². The molecule has 0 spiro atoms. The Bertz CT molecular complexity index is 1470. The lowest BCUT2D eigenvalue weighted by molar-refractivity contribution is 0.413. The third-order valence-electron chi connectivity index (χ3n) is 5.28. The third kappa shape index (κ3) is 4.36. The molecule has 2 aromatic heterocycles. The van der Waals surface area contributed by atoms with Crippen molar-refractivity contribution in [3.63, 3.8) is 0 Å². The van der Waals surface area contributed by atoms with Gasteiger partial charge >= 0.3 is 0 Å². The normalized spacial score (nSPS) is 11.6. The molecule has 0 fully saturated rings. The second kappa shape index (κ2) is 9.15. The second-order valence-corrected chi connectivity index (χ2v) is 7.58. The van der Waals surface area contributed by atoms with Gasteiger partial charge in [0.1, 0.15) is 29.1 Å². The first-order valence-electron chi connectivity index (χ1n) is 10.3. The molecule has 4 aromatic rings. The van der Waals surface area contributed by atoms with Gasteiger partial charge in [-0.3, -0.25) is 4.79 Å². The second-order valence-electron chi connectivity index (χ2n) is 7.58. The first-order chi connectivity index (χ1) is 16.3. The number of hydrogen-bond donors (Lipinski definition) is 1. The average molecular weight is 462 g/mol. The van der Waals surface area contributed by atoms with Crippen molar-refractivity contribution in [2.24, 2.45) is 0 Å². The molecule has 0 bridgehead atoms. The van der Waals surface area contributed by atoms with E-state index >= 15 is 0 Å². The number of methoxy groups -OCH3 is 1. The highest BCUT2D eigenvalue weighted by molar-refractivity contribution is 5.65. The molecule has 8 nitrogen and oxygen atoms in total. The molecule has 1 atom stereocenters. The smallest absolute Gasteiger partial charge is 0.291 e. The maximum absolute atomic E-state index is 14.3. The van der Waals surface area contributed by atoms with Crippen molar-refractivity contribution in [2.75, 3.05) is 12.4 Å². The summed E-state index contributed by atoms with van der Waals surface area (Å²) in [6.45, 7) is 3.42. The minimum atomic E-state index is -0.886. The van der Waals surface area contributed by atoms with E-state index in [1.165, 1.54) is 19.2 Å². The predicted molar refractivity (Wildman–Crippen MR) is 122 cm³/mol. The first-order valence-corrected chi connectivity index (χ1v) is 10.3. The maximum Gasteiger partial charge on any atom is 0.291 e.